The van der Waals surface area contributed by atoms with Gasteiger partial charge in [0.25, 0.3) is 0 Å². The second kappa shape index (κ2) is 6.41. The molecule has 3 unspecified atom stereocenters. The molecule has 1 aromatic heterocycles. The van der Waals surface area contributed by atoms with Crippen molar-refractivity contribution in [2.24, 2.45) is 5.92 Å². The van der Waals surface area contributed by atoms with Gasteiger partial charge in [-0.05, 0) is 25.2 Å². The Morgan fingerprint density at radius 3 is 2.64 bits per heavy atom. The summed E-state index contributed by atoms with van der Waals surface area (Å²) in [5.41, 5.74) is 0. The molecule has 3 rings (SSSR count). The van der Waals surface area contributed by atoms with Gasteiger partial charge in [-0.1, -0.05) is 12.8 Å². The Kier molecular flexibility index (Phi) is 4.96. The Morgan fingerprint density at radius 1 is 1.27 bits per heavy atom. The van der Waals surface area contributed by atoms with Crippen molar-refractivity contribution in [1.29, 1.82) is 0 Å². The number of rotatable bonds is 2. The van der Waals surface area contributed by atoms with E-state index < -0.39 is 12.0 Å². The van der Waals surface area contributed by atoms with E-state index in [1.807, 2.05) is 0 Å². The SMILES string of the molecule is Cl.O=C(Nc1n[nH]c(C(F)(F)F)n1)C1CC2CCCCC2N1. The van der Waals surface area contributed by atoms with E-state index in [2.05, 4.69) is 20.7 Å². The summed E-state index contributed by atoms with van der Waals surface area (Å²) in [5.74, 6) is -1.46. The van der Waals surface area contributed by atoms with Crippen LogP contribution >= 0.6 is 12.4 Å². The second-order valence-corrected chi connectivity index (χ2v) is 5.60. The molecule has 1 aromatic rings. The molecule has 1 aliphatic carbocycles. The molecule has 2 fully saturated rings. The van der Waals surface area contributed by atoms with Crippen molar-refractivity contribution < 1.29 is 18.0 Å². The van der Waals surface area contributed by atoms with Gasteiger partial charge < -0.3 is 5.32 Å². The van der Waals surface area contributed by atoms with Gasteiger partial charge in [-0.3, -0.25) is 15.2 Å². The molecule has 2 aliphatic rings. The van der Waals surface area contributed by atoms with Gasteiger partial charge in [0.15, 0.2) is 0 Å². The number of halogens is 4. The number of aromatic amines is 1. The molecular weight excluding hydrogens is 323 g/mol. The molecule has 1 saturated heterocycles. The maximum atomic E-state index is 12.4. The van der Waals surface area contributed by atoms with Crippen LogP contribution in [0.25, 0.3) is 0 Å². The van der Waals surface area contributed by atoms with Crippen molar-refractivity contribution in [1.82, 2.24) is 20.5 Å². The van der Waals surface area contributed by atoms with Gasteiger partial charge in [0, 0.05) is 6.04 Å². The summed E-state index contributed by atoms with van der Waals surface area (Å²) in [5, 5.41) is 10.7. The first kappa shape index (κ1) is 17.0. The minimum atomic E-state index is -4.60. The van der Waals surface area contributed by atoms with Crippen molar-refractivity contribution in [3.05, 3.63) is 5.82 Å². The number of carbonyl (C=O) groups excluding carboxylic acids is 1. The number of amides is 1. The summed E-state index contributed by atoms with van der Waals surface area (Å²) < 4.78 is 37.1. The second-order valence-electron chi connectivity index (χ2n) is 5.60. The van der Waals surface area contributed by atoms with Crippen LogP contribution in [0.4, 0.5) is 19.1 Å². The molecule has 10 heteroatoms. The molecule has 0 spiro atoms. The van der Waals surface area contributed by atoms with Gasteiger partial charge in [0.2, 0.25) is 17.7 Å². The summed E-state index contributed by atoms with van der Waals surface area (Å²) in [6.07, 6.45) is 0.586. The highest BCUT2D eigenvalue weighted by atomic mass is 35.5. The monoisotopic (exact) mass is 339 g/mol. The van der Waals surface area contributed by atoms with Crippen LogP contribution in [0.5, 0.6) is 0 Å². The zero-order valence-corrected chi connectivity index (χ0v) is 12.4. The quantitative estimate of drug-likeness (QED) is 0.770. The molecule has 0 aromatic carbocycles. The fourth-order valence-electron chi connectivity index (χ4n) is 3.16. The van der Waals surface area contributed by atoms with Crippen molar-refractivity contribution >= 4 is 24.3 Å². The number of nitrogens with zero attached hydrogens (tertiary/aromatic N) is 2. The van der Waals surface area contributed by atoms with Crippen LogP contribution < -0.4 is 10.6 Å². The van der Waals surface area contributed by atoms with Gasteiger partial charge >= 0.3 is 6.18 Å². The maximum Gasteiger partial charge on any atom is 0.451 e. The van der Waals surface area contributed by atoms with Crippen molar-refractivity contribution in [2.75, 3.05) is 5.32 Å². The van der Waals surface area contributed by atoms with Crippen LogP contribution in [0.1, 0.15) is 37.9 Å². The summed E-state index contributed by atoms with van der Waals surface area (Å²) in [7, 11) is 0. The third kappa shape index (κ3) is 3.52. The molecule has 3 N–H and O–H groups in total. The van der Waals surface area contributed by atoms with Crippen LogP contribution in [-0.2, 0) is 11.0 Å². The zero-order valence-electron chi connectivity index (χ0n) is 11.6. The number of hydrogen-bond acceptors (Lipinski definition) is 4. The van der Waals surface area contributed by atoms with E-state index in [0.29, 0.717) is 18.4 Å². The number of fused-ring (bicyclic) bond motifs is 1. The van der Waals surface area contributed by atoms with Gasteiger partial charge in [-0.2, -0.15) is 18.2 Å². The smallest absolute Gasteiger partial charge is 0.303 e. The van der Waals surface area contributed by atoms with Gasteiger partial charge in [0.1, 0.15) is 0 Å². The molecule has 0 bridgehead atoms. The topological polar surface area (TPSA) is 82.7 Å². The molecular formula is C12H17ClF3N5O. The lowest BCUT2D eigenvalue weighted by Crippen LogP contribution is -2.40. The first-order valence-corrected chi connectivity index (χ1v) is 7.00. The van der Waals surface area contributed by atoms with Crippen LogP contribution in [0.3, 0.4) is 0 Å². The molecule has 22 heavy (non-hydrogen) atoms. The zero-order chi connectivity index (χ0) is 15.0. The Bertz CT molecular complexity index is 521. The lowest BCUT2D eigenvalue weighted by atomic mass is 9.85. The fourth-order valence-corrected chi connectivity index (χ4v) is 3.16. The highest BCUT2D eigenvalue weighted by Gasteiger charge is 2.39. The number of nitrogens with one attached hydrogen (secondary N) is 3. The van der Waals surface area contributed by atoms with Crippen LogP contribution in [0.15, 0.2) is 0 Å². The third-order valence-electron chi connectivity index (χ3n) is 4.17. The number of hydrogen-bond donors (Lipinski definition) is 3. The number of H-pyrrole nitrogens is 1. The molecule has 0 radical (unpaired) electrons. The van der Waals surface area contributed by atoms with Crippen molar-refractivity contribution in [3.63, 3.8) is 0 Å². The first-order valence-electron chi connectivity index (χ1n) is 7.00. The van der Waals surface area contributed by atoms with Gasteiger partial charge in [-0.15, -0.1) is 17.5 Å². The molecule has 124 valence electrons. The average Bonchev–Trinajstić information content (AvgIpc) is 3.03. The molecule has 2 heterocycles. The standard InChI is InChI=1S/C12H16F3N5O.ClH/c13-12(14,15)10-18-11(20-19-10)17-9(21)8-5-6-3-1-2-4-7(6)16-8;/h6-8,16H,1-5H2,(H2,17,18,19,20,21);1H. The predicted molar refractivity (Wildman–Crippen MR) is 74.5 cm³/mol. The molecule has 1 saturated carbocycles. The fraction of sp³-hybridized carbons (Fsp3) is 0.750. The van der Waals surface area contributed by atoms with E-state index >= 15 is 0 Å². The number of anilines is 1. The number of alkyl halides is 3. The summed E-state index contributed by atoms with van der Waals surface area (Å²) in [4.78, 5) is 15.3. The highest BCUT2D eigenvalue weighted by molar-refractivity contribution is 5.93. The maximum absolute atomic E-state index is 12.4. The Hall–Kier alpha value is -1.35. The van der Waals surface area contributed by atoms with E-state index in [0.717, 1.165) is 19.3 Å². The number of carbonyl (C=O) groups is 1. The van der Waals surface area contributed by atoms with E-state index in [-0.39, 0.29) is 30.3 Å². The molecule has 1 amide bonds. The molecule has 1 aliphatic heterocycles. The Balaban J connectivity index is 0.00000176. The average molecular weight is 340 g/mol. The molecule has 6 nitrogen and oxygen atoms in total. The van der Waals surface area contributed by atoms with E-state index in [4.69, 9.17) is 0 Å². The largest absolute Gasteiger partial charge is 0.451 e. The first-order chi connectivity index (χ1) is 9.93. The highest BCUT2D eigenvalue weighted by Crippen LogP contribution is 2.33. The van der Waals surface area contributed by atoms with Crippen LogP contribution in [-0.4, -0.2) is 33.2 Å². The van der Waals surface area contributed by atoms with Gasteiger partial charge in [0.05, 0.1) is 6.04 Å². The molecule has 3 atom stereocenters. The van der Waals surface area contributed by atoms with Crippen LogP contribution in [0.2, 0.25) is 0 Å². The lowest BCUT2D eigenvalue weighted by Gasteiger charge is -2.24. The minimum Gasteiger partial charge on any atom is -0.303 e. The third-order valence-corrected chi connectivity index (χ3v) is 4.17. The number of aromatic nitrogens is 3. The predicted octanol–water partition coefficient (Wildman–Crippen LogP) is 2.10. The van der Waals surface area contributed by atoms with E-state index in [9.17, 15) is 18.0 Å². The Morgan fingerprint density at radius 2 is 2.00 bits per heavy atom. The summed E-state index contributed by atoms with van der Waals surface area (Å²) >= 11 is 0. The van der Waals surface area contributed by atoms with Crippen molar-refractivity contribution in [3.8, 4) is 0 Å². The Labute approximate surface area is 131 Å². The van der Waals surface area contributed by atoms with Crippen molar-refractivity contribution in [2.45, 2.75) is 50.4 Å². The van der Waals surface area contributed by atoms with Crippen LogP contribution in [0, 0.1) is 5.92 Å². The normalized spacial score (nSPS) is 27.9. The lowest BCUT2D eigenvalue weighted by molar-refractivity contribution is -0.144. The minimum absolute atomic E-state index is 0. The van der Waals surface area contributed by atoms with E-state index in [1.165, 1.54) is 6.42 Å². The summed E-state index contributed by atoms with van der Waals surface area (Å²) in [6.45, 7) is 0. The van der Waals surface area contributed by atoms with E-state index in [1.54, 1.807) is 5.10 Å². The summed E-state index contributed by atoms with van der Waals surface area (Å²) in [6, 6.07) is -0.0432. The van der Waals surface area contributed by atoms with Gasteiger partial charge in [-0.25, -0.2) is 0 Å².